The van der Waals surface area contributed by atoms with Crippen LogP contribution in [0.1, 0.15) is 20.8 Å². The molecule has 0 radical (unpaired) electrons. The third kappa shape index (κ3) is 1.95. The molecule has 0 aliphatic heterocycles. The van der Waals surface area contributed by atoms with Gasteiger partial charge in [0.15, 0.2) is 0 Å². The van der Waals surface area contributed by atoms with Gasteiger partial charge in [0, 0.05) is 17.8 Å². The van der Waals surface area contributed by atoms with Crippen molar-refractivity contribution in [1.29, 1.82) is 0 Å². The Bertz CT molecular complexity index is 260. The van der Waals surface area contributed by atoms with E-state index in [4.69, 9.17) is 0 Å². The molecule has 0 aromatic carbocycles. The Hall–Kier alpha value is -0.0600. The van der Waals surface area contributed by atoms with Gasteiger partial charge in [0.05, 0.1) is 3.70 Å². The van der Waals surface area contributed by atoms with Crippen molar-refractivity contribution in [2.45, 2.75) is 26.3 Å². The van der Waals surface area contributed by atoms with E-state index in [2.05, 4.69) is 43.4 Å². The lowest BCUT2D eigenvalue weighted by molar-refractivity contribution is 0.387. The smallest absolute Gasteiger partial charge is 0.141 e. The fraction of sp³-hybridized carbons (Fsp3) is 0.500. The van der Waals surface area contributed by atoms with E-state index in [9.17, 15) is 4.39 Å². The first kappa shape index (κ1) is 9.03. The van der Waals surface area contributed by atoms with Crippen LogP contribution in [-0.4, -0.2) is 4.57 Å². The van der Waals surface area contributed by atoms with Crippen molar-refractivity contribution in [3.05, 3.63) is 21.8 Å². The molecule has 0 saturated carbocycles. The second kappa shape index (κ2) is 2.77. The van der Waals surface area contributed by atoms with Crippen LogP contribution in [0.15, 0.2) is 12.3 Å². The zero-order valence-corrected chi connectivity index (χ0v) is 9.02. The summed E-state index contributed by atoms with van der Waals surface area (Å²) in [4.78, 5) is 0. The second-order valence-electron chi connectivity index (χ2n) is 3.52. The lowest BCUT2D eigenvalue weighted by atomic mass is 10.1. The molecule has 0 amide bonds. The van der Waals surface area contributed by atoms with Crippen LogP contribution in [0.5, 0.6) is 0 Å². The Morgan fingerprint density at radius 1 is 1.45 bits per heavy atom. The van der Waals surface area contributed by atoms with E-state index < -0.39 is 0 Å². The minimum absolute atomic E-state index is 0.0269. The third-order valence-electron chi connectivity index (χ3n) is 1.46. The average molecular weight is 267 g/mol. The highest BCUT2D eigenvalue weighted by molar-refractivity contribution is 14.1. The van der Waals surface area contributed by atoms with Crippen LogP contribution in [-0.2, 0) is 5.54 Å². The Labute approximate surface area is 79.7 Å². The molecule has 0 saturated heterocycles. The van der Waals surface area contributed by atoms with Gasteiger partial charge in [-0.1, -0.05) is 0 Å². The minimum atomic E-state index is -0.163. The van der Waals surface area contributed by atoms with E-state index in [0.717, 1.165) is 3.70 Å². The molecule has 0 N–H and O–H groups in total. The first-order valence-electron chi connectivity index (χ1n) is 3.45. The Morgan fingerprint density at radius 2 is 2.00 bits per heavy atom. The van der Waals surface area contributed by atoms with Gasteiger partial charge in [-0.05, 0) is 43.4 Å². The van der Waals surface area contributed by atoms with Gasteiger partial charge < -0.3 is 4.57 Å². The highest BCUT2D eigenvalue weighted by Crippen LogP contribution is 2.20. The highest BCUT2D eigenvalue weighted by atomic mass is 127. The number of nitrogens with zero attached hydrogens (tertiary/aromatic N) is 1. The quantitative estimate of drug-likeness (QED) is 0.637. The van der Waals surface area contributed by atoms with Gasteiger partial charge in [-0.2, -0.15) is 0 Å². The SMILES string of the molecule is CC(C)(C)n1cc(F)cc1I. The fourth-order valence-electron chi connectivity index (χ4n) is 0.920. The van der Waals surface area contributed by atoms with E-state index in [-0.39, 0.29) is 11.4 Å². The van der Waals surface area contributed by atoms with Gasteiger partial charge in [0.25, 0.3) is 0 Å². The Kier molecular flexibility index (Phi) is 2.27. The molecule has 3 heteroatoms. The molecule has 1 aromatic heterocycles. The molecular weight excluding hydrogens is 256 g/mol. The zero-order valence-electron chi connectivity index (χ0n) is 6.86. The fourth-order valence-corrected chi connectivity index (χ4v) is 2.08. The maximum atomic E-state index is 12.7. The van der Waals surface area contributed by atoms with Crippen molar-refractivity contribution in [2.75, 3.05) is 0 Å². The standard InChI is InChI=1S/C8H11FIN/c1-8(2,3)11-5-6(9)4-7(11)10/h4-5H,1-3H3. The molecule has 0 aliphatic carbocycles. The summed E-state index contributed by atoms with van der Waals surface area (Å²) >= 11 is 2.13. The van der Waals surface area contributed by atoms with E-state index in [1.165, 1.54) is 12.3 Å². The minimum Gasteiger partial charge on any atom is -0.335 e. The first-order chi connectivity index (χ1) is 4.91. The summed E-state index contributed by atoms with van der Waals surface area (Å²) in [6, 6.07) is 1.53. The largest absolute Gasteiger partial charge is 0.335 e. The molecular formula is C8H11FIN. The topological polar surface area (TPSA) is 4.93 Å². The summed E-state index contributed by atoms with van der Waals surface area (Å²) in [6.07, 6.45) is 1.53. The molecule has 0 bridgehead atoms. The third-order valence-corrected chi connectivity index (χ3v) is 2.29. The summed E-state index contributed by atoms with van der Waals surface area (Å²) in [5.41, 5.74) is -0.0269. The molecule has 1 aromatic rings. The van der Waals surface area contributed by atoms with Crippen molar-refractivity contribution < 1.29 is 4.39 Å². The van der Waals surface area contributed by atoms with Crippen LogP contribution in [0.3, 0.4) is 0 Å². The van der Waals surface area contributed by atoms with Gasteiger partial charge in [0.2, 0.25) is 0 Å². The average Bonchev–Trinajstić information content (AvgIpc) is 2.08. The lowest BCUT2D eigenvalue weighted by Crippen LogP contribution is -2.21. The molecule has 0 unspecified atom stereocenters. The first-order valence-corrected chi connectivity index (χ1v) is 4.53. The van der Waals surface area contributed by atoms with Crippen LogP contribution in [0.4, 0.5) is 4.39 Å². The zero-order chi connectivity index (χ0) is 8.65. The lowest BCUT2D eigenvalue weighted by Gasteiger charge is -2.22. The maximum absolute atomic E-state index is 12.7. The summed E-state index contributed by atoms with van der Waals surface area (Å²) in [6.45, 7) is 6.15. The van der Waals surface area contributed by atoms with Gasteiger partial charge in [-0.3, -0.25) is 0 Å². The van der Waals surface area contributed by atoms with Crippen molar-refractivity contribution in [3.8, 4) is 0 Å². The molecule has 0 atom stereocenters. The van der Waals surface area contributed by atoms with E-state index >= 15 is 0 Å². The van der Waals surface area contributed by atoms with Gasteiger partial charge in [-0.15, -0.1) is 0 Å². The highest BCUT2D eigenvalue weighted by Gasteiger charge is 2.15. The molecule has 1 rings (SSSR count). The molecule has 0 spiro atoms. The molecule has 1 heterocycles. The van der Waals surface area contributed by atoms with Crippen molar-refractivity contribution in [2.24, 2.45) is 0 Å². The van der Waals surface area contributed by atoms with Gasteiger partial charge in [0.1, 0.15) is 5.82 Å². The van der Waals surface area contributed by atoms with E-state index in [0.29, 0.717) is 0 Å². The normalized spacial score (nSPS) is 12.1. The number of halogens is 2. The molecule has 62 valence electrons. The van der Waals surface area contributed by atoms with Crippen LogP contribution in [0, 0.1) is 9.52 Å². The monoisotopic (exact) mass is 267 g/mol. The predicted octanol–water partition coefficient (Wildman–Crippen LogP) is 2.99. The number of rotatable bonds is 0. The van der Waals surface area contributed by atoms with Crippen LogP contribution in [0.2, 0.25) is 0 Å². The molecule has 11 heavy (non-hydrogen) atoms. The van der Waals surface area contributed by atoms with Crippen LogP contribution >= 0.6 is 22.6 Å². The predicted molar refractivity (Wildman–Crippen MR) is 52.1 cm³/mol. The van der Waals surface area contributed by atoms with Crippen LogP contribution < -0.4 is 0 Å². The maximum Gasteiger partial charge on any atom is 0.141 e. The summed E-state index contributed by atoms with van der Waals surface area (Å²) in [7, 11) is 0. The van der Waals surface area contributed by atoms with Crippen LogP contribution in [0.25, 0.3) is 0 Å². The molecule has 0 aliphatic rings. The van der Waals surface area contributed by atoms with Crippen molar-refractivity contribution in [3.63, 3.8) is 0 Å². The number of hydrogen-bond acceptors (Lipinski definition) is 0. The summed E-state index contributed by atoms with van der Waals surface area (Å²) in [5, 5.41) is 0. The van der Waals surface area contributed by atoms with Gasteiger partial charge in [-0.25, -0.2) is 4.39 Å². The number of hydrogen-bond donors (Lipinski definition) is 0. The molecule has 0 fully saturated rings. The second-order valence-corrected chi connectivity index (χ2v) is 4.63. The van der Waals surface area contributed by atoms with E-state index in [1.807, 2.05) is 4.57 Å². The summed E-state index contributed by atoms with van der Waals surface area (Å²) < 4.78 is 15.5. The Morgan fingerprint density at radius 3 is 2.18 bits per heavy atom. The summed E-state index contributed by atoms with van der Waals surface area (Å²) in [5.74, 6) is -0.163. The molecule has 1 nitrogen and oxygen atoms in total. The Balaban J connectivity index is 3.13. The van der Waals surface area contributed by atoms with E-state index in [1.54, 1.807) is 0 Å². The van der Waals surface area contributed by atoms with Crippen molar-refractivity contribution >= 4 is 22.6 Å². The number of aromatic nitrogens is 1. The van der Waals surface area contributed by atoms with Gasteiger partial charge >= 0.3 is 0 Å². The van der Waals surface area contributed by atoms with Crippen molar-refractivity contribution in [1.82, 2.24) is 4.57 Å².